The summed E-state index contributed by atoms with van der Waals surface area (Å²) >= 11 is 0. The Morgan fingerprint density at radius 3 is 3.10 bits per heavy atom. The van der Waals surface area contributed by atoms with Crippen molar-refractivity contribution in [2.24, 2.45) is 0 Å². The zero-order chi connectivity index (χ0) is 13.2. The smallest absolute Gasteiger partial charge is 0.157 e. The van der Waals surface area contributed by atoms with Crippen molar-refractivity contribution in [2.45, 2.75) is 25.8 Å². The van der Waals surface area contributed by atoms with Gasteiger partial charge in [-0.1, -0.05) is 13.3 Å². The van der Waals surface area contributed by atoms with Crippen LogP contribution in [-0.4, -0.2) is 25.7 Å². The number of fused-ring (bicyclic) bond motifs is 1. The number of hydrogen-bond donors (Lipinski definition) is 1. The van der Waals surface area contributed by atoms with Crippen molar-refractivity contribution in [2.75, 3.05) is 24.5 Å². The molecule has 1 saturated heterocycles. The van der Waals surface area contributed by atoms with Crippen LogP contribution in [-0.2, 0) is 0 Å². The first kappa shape index (κ1) is 15.1. The van der Waals surface area contributed by atoms with Crippen LogP contribution in [0.5, 0.6) is 0 Å². The third-order valence-corrected chi connectivity index (χ3v) is 3.78. The van der Waals surface area contributed by atoms with E-state index in [0.717, 1.165) is 49.1 Å². The molecule has 1 aromatic carbocycles. The summed E-state index contributed by atoms with van der Waals surface area (Å²) in [5.74, 6) is -0.197. The molecule has 0 spiro atoms. The van der Waals surface area contributed by atoms with Crippen molar-refractivity contribution in [3.05, 3.63) is 30.3 Å². The van der Waals surface area contributed by atoms with Gasteiger partial charge in [0.2, 0.25) is 0 Å². The second kappa shape index (κ2) is 6.46. The summed E-state index contributed by atoms with van der Waals surface area (Å²) in [7, 11) is 0. The van der Waals surface area contributed by atoms with Gasteiger partial charge in [-0.25, -0.2) is 4.39 Å². The molecule has 1 fully saturated rings. The van der Waals surface area contributed by atoms with Crippen LogP contribution in [0.15, 0.2) is 28.9 Å². The van der Waals surface area contributed by atoms with Crippen molar-refractivity contribution < 1.29 is 8.81 Å². The van der Waals surface area contributed by atoms with E-state index in [2.05, 4.69) is 17.1 Å². The Labute approximate surface area is 124 Å². The first-order chi connectivity index (χ1) is 9.29. The van der Waals surface area contributed by atoms with Gasteiger partial charge in [0.25, 0.3) is 0 Å². The molecule has 0 saturated carbocycles. The predicted octanol–water partition coefficient (Wildman–Crippen LogP) is 3.57. The van der Waals surface area contributed by atoms with Crippen molar-refractivity contribution in [1.82, 2.24) is 5.32 Å². The molecule has 20 heavy (non-hydrogen) atoms. The minimum absolute atomic E-state index is 0. The quantitative estimate of drug-likeness (QED) is 0.939. The molecular weight excluding hydrogens is 279 g/mol. The molecule has 2 aromatic rings. The summed E-state index contributed by atoms with van der Waals surface area (Å²) < 4.78 is 19.3. The molecule has 2 heterocycles. The summed E-state index contributed by atoms with van der Waals surface area (Å²) in [6.07, 6.45) is 3.86. The van der Waals surface area contributed by atoms with Crippen molar-refractivity contribution in [3.8, 4) is 0 Å². The van der Waals surface area contributed by atoms with E-state index in [1.165, 1.54) is 6.07 Å². The van der Waals surface area contributed by atoms with E-state index in [9.17, 15) is 4.39 Å². The number of piperazine rings is 1. The van der Waals surface area contributed by atoms with Crippen LogP contribution in [0.3, 0.4) is 0 Å². The van der Waals surface area contributed by atoms with Crippen LogP contribution in [0.4, 0.5) is 10.1 Å². The number of furan rings is 1. The lowest BCUT2D eigenvalue weighted by Gasteiger charge is -2.38. The number of rotatable bonds is 3. The third kappa shape index (κ3) is 2.76. The minimum atomic E-state index is -0.197. The largest absolute Gasteiger partial charge is 0.462 e. The van der Waals surface area contributed by atoms with Gasteiger partial charge in [-0.05, 0) is 18.6 Å². The van der Waals surface area contributed by atoms with Gasteiger partial charge in [0, 0.05) is 37.1 Å². The first-order valence-corrected chi connectivity index (χ1v) is 6.93. The molecular formula is C15H20ClFN2O. The number of nitrogens with zero attached hydrogens (tertiary/aromatic N) is 1. The zero-order valence-electron chi connectivity index (χ0n) is 11.6. The summed E-state index contributed by atoms with van der Waals surface area (Å²) in [5.41, 5.74) is 1.68. The maximum Gasteiger partial charge on any atom is 0.157 e. The van der Waals surface area contributed by atoms with E-state index in [0.29, 0.717) is 6.04 Å². The molecule has 1 aromatic heterocycles. The predicted molar refractivity (Wildman–Crippen MR) is 82.3 cm³/mol. The van der Waals surface area contributed by atoms with Crippen LogP contribution in [0, 0.1) is 5.82 Å². The maximum absolute atomic E-state index is 13.8. The fourth-order valence-electron chi connectivity index (χ4n) is 2.91. The summed E-state index contributed by atoms with van der Waals surface area (Å²) in [5, 5.41) is 4.25. The van der Waals surface area contributed by atoms with E-state index in [-0.39, 0.29) is 18.2 Å². The molecule has 3 nitrogen and oxygen atoms in total. The molecule has 1 aliphatic rings. The molecule has 110 valence electrons. The molecule has 1 N–H and O–H groups in total. The lowest BCUT2D eigenvalue weighted by atomic mass is 10.1. The van der Waals surface area contributed by atoms with Gasteiger partial charge in [-0.15, -0.1) is 12.4 Å². The fraction of sp³-hybridized carbons (Fsp3) is 0.467. The standard InChI is InChI=1S/C15H19FN2O.ClH/c1-2-3-13-10-17-5-6-18(13)14-9-12(16)8-11-4-7-19-15(11)14;/h4,7-9,13,17H,2-3,5-6,10H2,1H3;1H/t13-;/m0./s1. The molecule has 0 aliphatic carbocycles. The van der Waals surface area contributed by atoms with Gasteiger partial charge in [0.05, 0.1) is 12.0 Å². The van der Waals surface area contributed by atoms with Crippen LogP contribution < -0.4 is 10.2 Å². The lowest BCUT2D eigenvalue weighted by molar-refractivity contribution is 0.449. The molecule has 1 aliphatic heterocycles. The Morgan fingerprint density at radius 1 is 1.45 bits per heavy atom. The highest BCUT2D eigenvalue weighted by molar-refractivity contribution is 5.89. The Bertz CT molecular complexity index is 570. The molecule has 0 radical (unpaired) electrons. The molecule has 5 heteroatoms. The Morgan fingerprint density at radius 2 is 2.30 bits per heavy atom. The van der Waals surface area contributed by atoms with Crippen molar-refractivity contribution in [1.29, 1.82) is 0 Å². The third-order valence-electron chi connectivity index (χ3n) is 3.78. The SMILES string of the molecule is CCC[C@H]1CNCCN1c1cc(F)cc2ccoc12.Cl. The summed E-state index contributed by atoms with van der Waals surface area (Å²) in [6, 6.07) is 5.35. The van der Waals surface area contributed by atoms with E-state index in [1.54, 1.807) is 12.3 Å². The second-order valence-electron chi connectivity index (χ2n) is 5.10. The number of hydrogen-bond acceptors (Lipinski definition) is 3. The fourth-order valence-corrected chi connectivity index (χ4v) is 2.91. The lowest BCUT2D eigenvalue weighted by Crippen LogP contribution is -2.51. The van der Waals surface area contributed by atoms with Gasteiger partial charge in [0.15, 0.2) is 5.58 Å². The molecule has 0 bridgehead atoms. The number of anilines is 1. The average Bonchev–Trinajstić information content (AvgIpc) is 2.87. The monoisotopic (exact) mass is 298 g/mol. The zero-order valence-corrected chi connectivity index (χ0v) is 12.4. The van der Waals surface area contributed by atoms with Crippen LogP contribution in [0.25, 0.3) is 11.0 Å². The molecule has 3 rings (SSSR count). The van der Waals surface area contributed by atoms with Gasteiger partial charge in [0.1, 0.15) is 5.82 Å². The Kier molecular flexibility index (Phi) is 4.89. The first-order valence-electron chi connectivity index (χ1n) is 6.93. The van der Waals surface area contributed by atoms with Crippen molar-refractivity contribution in [3.63, 3.8) is 0 Å². The normalized spacial score (nSPS) is 19.1. The highest BCUT2D eigenvalue weighted by atomic mass is 35.5. The van der Waals surface area contributed by atoms with E-state index in [1.807, 2.05) is 6.07 Å². The number of halogens is 2. The molecule has 0 amide bonds. The Balaban J connectivity index is 0.00000147. The van der Waals surface area contributed by atoms with E-state index >= 15 is 0 Å². The highest BCUT2D eigenvalue weighted by Gasteiger charge is 2.24. The van der Waals surface area contributed by atoms with Crippen LogP contribution >= 0.6 is 12.4 Å². The highest BCUT2D eigenvalue weighted by Crippen LogP contribution is 2.31. The molecule has 0 unspecified atom stereocenters. The van der Waals surface area contributed by atoms with Gasteiger partial charge >= 0.3 is 0 Å². The maximum atomic E-state index is 13.8. The van der Waals surface area contributed by atoms with Gasteiger partial charge in [-0.2, -0.15) is 0 Å². The second-order valence-corrected chi connectivity index (χ2v) is 5.10. The average molecular weight is 299 g/mol. The number of benzene rings is 1. The molecule has 1 atom stereocenters. The van der Waals surface area contributed by atoms with Crippen LogP contribution in [0.1, 0.15) is 19.8 Å². The minimum Gasteiger partial charge on any atom is -0.462 e. The van der Waals surface area contributed by atoms with Crippen molar-refractivity contribution >= 4 is 29.1 Å². The van der Waals surface area contributed by atoms with E-state index in [4.69, 9.17) is 4.42 Å². The van der Waals surface area contributed by atoms with Gasteiger partial charge in [-0.3, -0.25) is 0 Å². The Hall–Kier alpha value is -1.26. The summed E-state index contributed by atoms with van der Waals surface area (Å²) in [6.45, 7) is 4.95. The number of nitrogens with one attached hydrogen (secondary N) is 1. The van der Waals surface area contributed by atoms with Crippen LogP contribution in [0.2, 0.25) is 0 Å². The topological polar surface area (TPSA) is 28.4 Å². The summed E-state index contributed by atoms with van der Waals surface area (Å²) in [4.78, 5) is 2.29. The van der Waals surface area contributed by atoms with E-state index < -0.39 is 0 Å². The van der Waals surface area contributed by atoms with Gasteiger partial charge < -0.3 is 14.6 Å².